The first-order chi connectivity index (χ1) is 8.38. The first kappa shape index (κ1) is 13.5. The number of terminal acetylenes is 1. The molecule has 1 heterocycles. The Kier molecular flexibility index (Phi) is 3.89. The molecule has 0 fully saturated rings. The third kappa shape index (κ3) is 2.57. The third-order valence-electron chi connectivity index (χ3n) is 2.35. The molecule has 18 heavy (non-hydrogen) atoms. The van der Waals surface area contributed by atoms with Crippen molar-refractivity contribution in [2.75, 3.05) is 18.0 Å². The number of carboxylic acids is 1. The lowest BCUT2D eigenvalue weighted by atomic mass is 10.4. The molecule has 8 nitrogen and oxygen atoms in total. The van der Waals surface area contributed by atoms with Crippen molar-refractivity contribution < 1.29 is 14.8 Å². The maximum atomic E-state index is 10.9. The zero-order valence-corrected chi connectivity index (χ0v) is 9.95. The molecule has 0 radical (unpaired) electrons. The van der Waals surface area contributed by atoms with Crippen LogP contribution >= 0.6 is 0 Å². The Morgan fingerprint density at radius 1 is 1.72 bits per heavy atom. The molecule has 0 saturated heterocycles. The van der Waals surface area contributed by atoms with Gasteiger partial charge in [0.25, 0.3) is 0 Å². The summed E-state index contributed by atoms with van der Waals surface area (Å²) in [7, 11) is 1.57. The van der Waals surface area contributed by atoms with Crippen molar-refractivity contribution in [3.63, 3.8) is 0 Å². The normalized spacial score (nSPS) is 9.83. The Morgan fingerprint density at radius 3 is 2.78 bits per heavy atom. The van der Waals surface area contributed by atoms with Gasteiger partial charge in [-0.2, -0.15) is 0 Å². The number of rotatable bonds is 5. The van der Waals surface area contributed by atoms with E-state index in [0.717, 1.165) is 0 Å². The second-order valence-electron chi connectivity index (χ2n) is 3.58. The van der Waals surface area contributed by atoms with Gasteiger partial charge in [-0.25, -0.2) is 0 Å². The van der Waals surface area contributed by atoms with Crippen molar-refractivity contribution in [3.8, 4) is 12.3 Å². The summed E-state index contributed by atoms with van der Waals surface area (Å²) in [5.74, 6) is 1.25. The molecule has 1 aromatic rings. The number of aryl methyl sites for hydroxylation is 1. The van der Waals surface area contributed by atoms with E-state index in [4.69, 9.17) is 11.5 Å². The summed E-state index contributed by atoms with van der Waals surface area (Å²) >= 11 is 0. The molecule has 96 valence electrons. The minimum absolute atomic E-state index is 0.0495. The molecule has 1 N–H and O–H groups in total. The fourth-order valence-electron chi connectivity index (χ4n) is 1.54. The second-order valence-corrected chi connectivity index (χ2v) is 3.58. The van der Waals surface area contributed by atoms with Gasteiger partial charge >= 0.3 is 11.8 Å². The molecular weight excluding hydrogens is 240 g/mol. The van der Waals surface area contributed by atoms with Crippen LogP contribution < -0.4 is 4.90 Å². The number of anilines is 1. The fourth-order valence-corrected chi connectivity index (χ4v) is 1.54. The van der Waals surface area contributed by atoms with E-state index in [2.05, 4.69) is 10.9 Å². The van der Waals surface area contributed by atoms with Crippen LogP contribution in [0.1, 0.15) is 5.82 Å². The number of carbonyl (C=O) groups is 1. The van der Waals surface area contributed by atoms with E-state index in [1.165, 1.54) is 9.47 Å². The third-order valence-corrected chi connectivity index (χ3v) is 2.35. The van der Waals surface area contributed by atoms with E-state index in [9.17, 15) is 14.9 Å². The topological polar surface area (TPSA) is 102 Å². The standard InChI is InChI=1S/C10H12N4O4/c1-4-5-13(6-8(15)16)10-9(14(17)18)11-7(2)12(10)3/h1H,5-6H2,2-3H3,(H,15,16). The number of nitro groups is 1. The quantitative estimate of drug-likeness (QED) is 0.455. The summed E-state index contributed by atoms with van der Waals surface area (Å²) in [6, 6.07) is 0. The van der Waals surface area contributed by atoms with Gasteiger partial charge in [0.15, 0.2) is 0 Å². The molecule has 0 saturated carbocycles. The van der Waals surface area contributed by atoms with Gasteiger partial charge in [-0.1, -0.05) is 5.92 Å². The van der Waals surface area contributed by atoms with E-state index in [-0.39, 0.29) is 12.4 Å². The smallest absolute Gasteiger partial charge is 0.406 e. The van der Waals surface area contributed by atoms with Gasteiger partial charge in [-0.05, 0) is 9.91 Å². The Balaban J connectivity index is 3.30. The molecule has 1 rings (SSSR count). The Labute approximate surface area is 103 Å². The minimum Gasteiger partial charge on any atom is -0.480 e. The van der Waals surface area contributed by atoms with Crippen LogP contribution in [0.3, 0.4) is 0 Å². The highest BCUT2D eigenvalue weighted by molar-refractivity contribution is 5.75. The molecule has 0 aromatic carbocycles. The zero-order chi connectivity index (χ0) is 13.9. The number of nitrogens with zero attached hydrogens (tertiary/aromatic N) is 4. The molecule has 8 heteroatoms. The summed E-state index contributed by atoms with van der Waals surface area (Å²) in [6.45, 7) is 1.11. The largest absolute Gasteiger partial charge is 0.480 e. The zero-order valence-electron chi connectivity index (χ0n) is 9.95. The van der Waals surface area contributed by atoms with E-state index < -0.39 is 23.3 Å². The number of hydrogen-bond acceptors (Lipinski definition) is 5. The molecule has 0 atom stereocenters. The molecule has 1 aromatic heterocycles. The van der Waals surface area contributed by atoms with Crippen molar-refractivity contribution in [2.45, 2.75) is 6.92 Å². The highest BCUT2D eigenvalue weighted by Crippen LogP contribution is 2.27. The fraction of sp³-hybridized carbons (Fsp3) is 0.400. The van der Waals surface area contributed by atoms with Crippen molar-refractivity contribution in [3.05, 3.63) is 15.9 Å². The van der Waals surface area contributed by atoms with E-state index in [1.54, 1.807) is 14.0 Å². The predicted octanol–water partition coefficient (Wildman–Crippen LogP) is 0.161. The summed E-state index contributed by atoms with van der Waals surface area (Å²) in [4.78, 5) is 26.0. The van der Waals surface area contributed by atoms with Crippen LogP contribution in [0.4, 0.5) is 11.6 Å². The van der Waals surface area contributed by atoms with Crippen LogP contribution in [0, 0.1) is 29.4 Å². The van der Waals surface area contributed by atoms with Gasteiger partial charge in [0, 0.05) is 14.0 Å². The molecule has 0 aliphatic heterocycles. The van der Waals surface area contributed by atoms with Crippen molar-refractivity contribution >= 4 is 17.6 Å². The van der Waals surface area contributed by atoms with Crippen molar-refractivity contribution in [1.29, 1.82) is 0 Å². The number of imidazole rings is 1. The molecule has 0 bridgehead atoms. The van der Waals surface area contributed by atoms with E-state index >= 15 is 0 Å². The molecule has 0 amide bonds. The second kappa shape index (κ2) is 5.18. The van der Waals surface area contributed by atoms with Crippen LogP contribution in [0.25, 0.3) is 0 Å². The number of hydrogen-bond donors (Lipinski definition) is 1. The van der Waals surface area contributed by atoms with Crippen LogP contribution in [0.2, 0.25) is 0 Å². The Hall–Kier alpha value is -2.56. The summed E-state index contributed by atoms with van der Waals surface area (Å²) in [6.07, 6.45) is 5.14. The van der Waals surface area contributed by atoms with Gasteiger partial charge in [-0.3, -0.25) is 9.36 Å². The maximum Gasteiger partial charge on any atom is 0.406 e. The average molecular weight is 252 g/mol. The highest BCUT2D eigenvalue weighted by Gasteiger charge is 2.28. The van der Waals surface area contributed by atoms with E-state index in [1.807, 2.05) is 0 Å². The summed E-state index contributed by atoms with van der Waals surface area (Å²) in [5.41, 5.74) is 0. The lowest BCUT2D eigenvalue weighted by Crippen LogP contribution is -2.32. The van der Waals surface area contributed by atoms with Crippen LogP contribution in [0.15, 0.2) is 0 Å². The lowest BCUT2D eigenvalue weighted by Gasteiger charge is -2.19. The number of carboxylic acid groups (broad SMARTS) is 1. The summed E-state index contributed by atoms with van der Waals surface area (Å²) in [5, 5.41) is 19.7. The van der Waals surface area contributed by atoms with Crippen LogP contribution in [-0.2, 0) is 11.8 Å². The maximum absolute atomic E-state index is 10.9. The molecule has 0 spiro atoms. The van der Waals surface area contributed by atoms with Crippen LogP contribution in [0.5, 0.6) is 0 Å². The van der Waals surface area contributed by atoms with E-state index in [0.29, 0.717) is 5.82 Å². The van der Waals surface area contributed by atoms with Gasteiger partial charge in [0.2, 0.25) is 11.6 Å². The molecule has 0 unspecified atom stereocenters. The van der Waals surface area contributed by atoms with Gasteiger partial charge in [0.1, 0.15) is 6.54 Å². The van der Waals surface area contributed by atoms with Crippen molar-refractivity contribution in [1.82, 2.24) is 9.55 Å². The minimum atomic E-state index is -1.13. The molecule has 0 aliphatic rings. The van der Waals surface area contributed by atoms with Gasteiger partial charge in [0.05, 0.1) is 6.54 Å². The Morgan fingerprint density at radius 2 is 2.33 bits per heavy atom. The average Bonchev–Trinajstić information content (AvgIpc) is 2.55. The lowest BCUT2D eigenvalue weighted by molar-refractivity contribution is -0.388. The number of aliphatic carboxylic acids is 1. The number of aromatic nitrogens is 2. The molecule has 0 aliphatic carbocycles. The Bertz CT molecular complexity index is 529. The monoisotopic (exact) mass is 252 g/mol. The first-order valence-corrected chi connectivity index (χ1v) is 4.96. The summed E-state index contributed by atoms with van der Waals surface area (Å²) < 4.78 is 1.44. The first-order valence-electron chi connectivity index (χ1n) is 4.96. The van der Waals surface area contributed by atoms with Gasteiger partial charge < -0.3 is 20.1 Å². The molecular formula is C10H12N4O4. The predicted molar refractivity (Wildman–Crippen MR) is 63.3 cm³/mol. The SMILES string of the molecule is C#CCN(CC(=O)O)c1c([N+](=O)[O-])nc(C)n1C. The van der Waals surface area contributed by atoms with Gasteiger partial charge in [-0.15, -0.1) is 6.42 Å². The highest BCUT2D eigenvalue weighted by atomic mass is 16.6. The van der Waals surface area contributed by atoms with Crippen molar-refractivity contribution in [2.24, 2.45) is 7.05 Å². The van der Waals surface area contributed by atoms with Crippen LogP contribution in [-0.4, -0.2) is 38.6 Å².